The van der Waals surface area contributed by atoms with Gasteiger partial charge in [-0.2, -0.15) is 0 Å². The summed E-state index contributed by atoms with van der Waals surface area (Å²) in [6.07, 6.45) is 2.26. The number of fused-ring (bicyclic) bond motifs is 2. The molecule has 3 aliphatic rings. The van der Waals surface area contributed by atoms with E-state index in [-0.39, 0.29) is 36.1 Å². The molecular weight excluding hydrogens is 685 g/mol. The Morgan fingerprint density at radius 2 is 1.37 bits per heavy atom. The van der Waals surface area contributed by atoms with E-state index in [9.17, 15) is 10.2 Å². The van der Waals surface area contributed by atoms with Crippen LogP contribution in [0.2, 0.25) is 21.7 Å². The van der Waals surface area contributed by atoms with Gasteiger partial charge in [0.25, 0.3) is 8.32 Å². The van der Waals surface area contributed by atoms with Gasteiger partial charge < -0.3 is 33.3 Å². The maximum Gasteiger partial charge on any atom is 0.261 e. The Hall–Kier alpha value is -1.41. The van der Waals surface area contributed by atoms with E-state index in [1.165, 1.54) is 10.4 Å². The molecule has 3 heterocycles. The minimum Gasteiger partial charge on any atom is -0.410 e. The van der Waals surface area contributed by atoms with E-state index in [1.54, 1.807) is 0 Å². The SMILES string of the molecule is CC(C)[Si](O[C@H]1C[C@H](CCCO[Si](c2ccccc2)(c2ccccc2)C(C)(C)C)O[C@@H]2C[C@@H]3O[C@H](CCO)[C@@H](O)C[C@@]3(C)O[C@@]12C)(C(C)C)C(C)C. The zero-order chi connectivity index (χ0) is 38.1. The molecule has 0 spiro atoms. The van der Waals surface area contributed by atoms with Crippen LogP contribution in [0, 0.1) is 0 Å². The first-order chi connectivity index (χ1) is 24.4. The molecule has 3 saturated heterocycles. The molecule has 0 aliphatic carbocycles. The lowest BCUT2D eigenvalue weighted by Crippen LogP contribution is -2.73. The van der Waals surface area contributed by atoms with Crippen molar-refractivity contribution in [1.82, 2.24) is 0 Å². The molecule has 9 heteroatoms. The third-order valence-corrected chi connectivity index (χ3v) is 24.1. The fraction of sp³-hybridized carbons (Fsp3) is 0.721. The van der Waals surface area contributed by atoms with Gasteiger partial charge in [-0.15, -0.1) is 0 Å². The smallest absolute Gasteiger partial charge is 0.261 e. The highest BCUT2D eigenvalue weighted by Gasteiger charge is 2.63. The van der Waals surface area contributed by atoms with E-state index in [0.29, 0.717) is 42.5 Å². The van der Waals surface area contributed by atoms with Gasteiger partial charge in [0.1, 0.15) is 5.60 Å². The highest BCUT2D eigenvalue weighted by atomic mass is 28.4. The van der Waals surface area contributed by atoms with Gasteiger partial charge in [-0.1, -0.05) is 123 Å². The average Bonchev–Trinajstić information content (AvgIpc) is 3.07. The highest BCUT2D eigenvalue weighted by Crippen LogP contribution is 2.53. The zero-order valence-electron chi connectivity index (χ0n) is 34.1. The molecule has 3 aliphatic heterocycles. The van der Waals surface area contributed by atoms with Gasteiger partial charge in [0, 0.05) is 32.5 Å². The standard InChI is InChI=1S/C43H70O7Si2/c1-30(2)51(31(3)4,32(5)6)49-40-27-33(47-39-28-38-42(10,50-43(39,40)11)29-36(45)37(48-38)24-25-44)19-18-26-46-52(41(7,8)9,34-20-14-12-15-21-34)35-22-16-13-17-23-35/h12-17,20-23,30-33,36-40,44-45H,18-19,24-29H2,1-11H3/t33-,36-,37+,38-,39+,40-,42+,43+/m0/s1. The molecule has 0 saturated carbocycles. The summed E-state index contributed by atoms with van der Waals surface area (Å²) in [5.41, 5.74) is -0.0858. The van der Waals surface area contributed by atoms with Crippen LogP contribution in [0.5, 0.6) is 0 Å². The number of aliphatic hydroxyl groups is 2. The molecule has 292 valence electrons. The Kier molecular flexibility index (Phi) is 13.1. The van der Waals surface area contributed by atoms with E-state index in [0.717, 1.165) is 19.3 Å². The molecule has 2 aromatic rings. The van der Waals surface area contributed by atoms with Crippen LogP contribution in [0.1, 0.15) is 115 Å². The molecule has 52 heavy (non-hydrogen) atoms. The second-order valence-corrected chi connectivity index (χ2v) is 28.1. The van der Waals surface area contributed by atoms with Crippen molar-refractivity contribution >= 4 is 27.0 Å². The Bertz CT molecular complexity index is 1350. The lowest BCUT2D eigenvalue weighted by atomic mass is 9.73. The fourth-order valence-corrected chi connectivity index (χ4v) is 20.7. The van der Waals surface area contributed by atoms with Crippen molar-refractivity contribution in [3.05, 3.63) is 60.7 Å². The van der Waals surface area contributed by atoms with Gasteiger partial charge in [0.15, 0.2) is 0 Å². The van der Waals surface area contributed by atoms with Gasteiger partial charge in [-0.3, -0.25) is 0 Å². The van der Waals surface area contributed by atoms with E-state index in [4.69, 9.17) is 23.1 Å². The molecule has 0 radical (unpaired) electrons. The monoisotopic (exact) mass is 754 g/mol. The molecule has 2 aromatic carbocycles. The van der Waals surface area contributed by atoms with Gasteiger partial charge >= 0.3 is 0 Å². The Morgan fingerprint density at radius 3 is 1.87 bits per heavy atom. The molecule has 2 N–H and O–H groups in total. The number of hydrogen-bond acceptors (Lipinski definition) is 7. The first-order valence-electron chi connectivity index (χ1n) is 20.2. The predicted octanol–water partition coefficient (Wildman–Crippen LogP) is 7.90. The quantitative estimate of drug-likeness (QED) is 0.150. The summed E-state index contributed by atoms with van der Waals surface area (Å²) in [5.74, 6) is 0. The summed E-state index contributed by atoms with van der Waals surface area (Å²) in [7, 11) is -4.93. The van der Waals surface area contributed by atoms with Crippen LogP contribution in [-0.4, -0.2) is 87.9 Å². The van der Waals surface area contributed by atoms with Gasteiger partial charge in [0.05, 0.1) is 42.2 Å². The fourth-order valence-electron chi connectivity index (χ4n) is 10.4. The topological polar surface area (TPSA) is 86.6 Å². The first kappa shape index (κ1) is 41.8. The maximum atomic E-state index is 11.1. The largest absolute Gasteiger partial charge is 0.410 e. The predicted molar refractivity (Wildman–Crippen MR) is 216 cm³/mol. The van der Waals surface area contributed by atoms with Crippen molar-refractivity contribution in [3.63, 3.8) is 0 Å². The molecule has 0 amide bonds. The van der Waals surface area contributed by atoms with Gasteiger partial charge in [-0.05, 0) is 65.1 Å². The minimum atomic E-state index is -2.64. The van der Waals surface area contributed by atoms with Crippen LogP contribution in [0.4, 0.5) is 0 Å². The third-order valence-electron chi connectivity index (χ3n) is 12.9. The summed E-state index contributed by atoms with van der Waals surface area (Å²) >= 11 is 0. The number of aliphatic hydroxyl groups excluding tert-OH is 2. The summed E-state index contributed by atoms with van der Waals surface area (Å²) in [4.78, 5) is 0. The van der Waals surface area contributed by atoms with Crippen LogP contribution in [0.3, 0.4) is 0 Å². The second kappa shape index (κ2) is 16.4. The molecule has 0 aromatic heterocycles. The molecule has 7 nitrogen and oxygen atoms in total. The molecule has 0 bridgehead atoms. The van der Waals surface area contributed by atoms with Crippen LogP contribution in [0.25, 0.3) is 0 Å². The average molecular weight is 755 g/mol. The number of hydrogen-bond donors (Lipinski definition) is 2. The summed E-state index contributed by atoms with van der Waals surface area (Å²) in [5, 5.41) is 23.3. The lowest BCUT2D eigenvalue weighted by Gasteiger charge is -2.62. The van der Waals surface area contributed by atoms with Crippen molar-refractivity contribution in [2.75, 3.05) is 13.2 Å². The second-order valence-electron chi connectivity index (χ2n) is 18.3. The van der Waals surface area contributed by atoms with Crippen molar-refractivity contribution < 1.29 is 33.3 Å². The van der Waals surface area contributed by atoms with Crippen LogP contribution < -0.4 is 10.4 Å². The maximum absolute atomic E-state index is 11.1. The molecule has 0 unspecified atom stereocenters. The van der Waals surface area contributed by atoms with Crippen LogP contribution in [0.15, 0.2) is 60.7 Å². The van der Waals surface area contributed by atoms with Gasteiger partial charge in [0.2, 0.25) is 8.32 Å². The number of benzene rings is 2. The third kappa shape index (κ3) is 7.83. The van der Waals surface area contributed by atoms with Crippen molar-refractivity contribution in [1.29, 1.82) is 0 Å². The Morgan fingerprint density at radius 1 is 0.808 bits per heavy atom. The number of rotatable bonds is 14. The highest BCUT2D eigenvalue weighted by molar-refractivity contribution is 6.99. The van der Waals surface area contributed by atoms with Crippen molar-refractivity contribution in [2.45, 2.75) is 184 Å². The normalized spacial score (nSPS) is 31.5. The minimum absolute atomic E-state index is 0.0145. The van der Waals surface area contributed by atoms with Crippen molar-refractivity contribution in [3.8, 4) is 0 Å². The van der Waals surface area contributed by atoms with E-state index < -0.39 is 40.0 Å². The lowest BCUT2D eigenvalue weighted by molar-refractivity contribution is -0.354. The number of ether oxygens (including phenoxy) is 3. The van der Waals surface area contributed by atoms with Crippen molar-refractivity contribution in [2.24, 2.45) is 0 Å². The van der Waals surface area contributed by atoms with E-state index >= 15 is 0 Å². The Labute approximate surface area is 317 Å². The van der Waals surface area contributed by atoms with Crippen LogP contribution in [-0.2, 0) is 23.1 Å². The summed E-state index contributed by atoms with van der Waals surface area (Å²) < 4.78 is 35.8. The summed E-state index contributed by atoms with van der Waals surface area (Å²) in [6.45, 7) is 25.9. The molecule has 8 atom stereocenters. The summed E-state index contributed by atoms with van der Waals surface area (Å²) in [6, 6.07) is 21.7. The first-order valence-corrected chi connectivity index (χ1v) is 24.2. The van der Waals surface area contributed by atoms with Gasteiger partial charge in [-0.25, -0.2) is 0 Å². The van der Waals surface area contributed by atoms with E-state index in [1.807, 2.05) is 0 Å². The van der Waals surface area contributed by atoms with Crippen LogP contribution >= 0.6 is 0 Å². The van der Waals surface area contributed by atoms with E-state index in [2.05, 4.69) is 137 Å². The molecular formula is C43H70O7Si2. The Balaban J connectivity index is 1.42. The zero-order valence-corrected chi connectivity index (χ0v) is 36.1. The molecule has 5 rings (SSSR count). The molecule has 3 fully saturated rings.